The highest BCUT2D eigenvalue weighted by Crippen LogP contribution is 2.44. The highest BCUT2D eigenvalue weighted by molar-refractivity contribution is 8.00. The van der Waals surface area contributed by atoms with Crippen LogP contribution in [0, 0.1) is 0 Å². The van der Waals surface area contributed by atoms with E-state index in [1.165, 1.54) is 17.7 Å². The van der Waals surface area contributed by atoms with Crippen molar-refractivity contribution < 1.29 is 0 Å². The Morgan fingerprint density at radius 2 is 2.09 bits per heavy atom. The third-order valence-corrected chi connectivity index (χ3v) is 3.66. The number of hydrogen-bond donors (Lipinski definition) is 0. The fraction of sp³-hybridized carbons (Fsp3) is 0.333. The number of thioether (sulfide) groups is 1. The zero-order valence-corrected chi connectivity index (χ0v) is 7.66. The van der Waals surface area contributed by atoms with Crippen LogP contribution in [0.4, 0.5) is 0 Å². The van der Waals surface area contributed by atoms with Crippen LogP contribution in [0.5, 0.6) is 0 Å². The molecule has 2 rings (SSSR count). The molecule has 11 heavy (non-hydrogen) atoms. The van der Waals surface area contributed by atoms with Crippen LogP contribution in [0.3, 0.4) is 0 Å². The van der Waals surface area contributed by atoms with Crippen molar-refractivity contribution >= 4 is 23.4 Å². The van der Waals surface area contributed by atoms with Crippen LogP contribution in [0.25, 0.3) is 0 Å². The molecule has 1 aliphatic rings. The molecule has 1 unspecified atom stereocenters. The standard InChI is InChI=1S/C9H9ClS/c10-8-4-2-1-3-7(8)9-5-6-11-9/h1-4,9H,5-6H2. The average Bonchev–Trinajstić information content (AvgIpc) is 1.90. The van der Waals surface area contributed by atoms with Gasteiger partial charge in [-0.2, -0.15) is 11.8 Å². The third kappa shape index (κ3) is 1.40. The zero-order valence-electron chi connectivity index (χ0n) is 6.09. The lowest BCUT2D eigenvalue weighted by atomic mass is 10.1. The van der Waals surface area contributed by atoms with Crippen molar-refractivity contribution in [2.75, 3.05) is 5.75 Å². The predicted octanol–water partition coefficient (Wildman–Crippen LogP) is 3.52. The molecule has 0 spiro atoms. The second-order valence-electron chi connectivity index (χ2n) is 2.67. The van der Waals surface area contributed by atoms with E-state index in [0.717, 1.165) is 5.02 Å². The zero-order chi connectivity index (χ0) is 7.68. The first-order chi connectivity index (χ1) is 5.38. The number of rotatable bonds is 1. The predicted molar refractivity (Wildman–Crippen MR) is 51.3 cm³/mol. The van der Waals surface area contributed by atoms with E-state index in [9.17, 15) is 0 Å². The highest BCUT2D eigenvalue weighted by atomic mass is 35.5. The van der Waals surface area contributed by atoms with Gasteiger partial charge in [-0.1, -0.05) is 29.8 Å². The number of benzene rings is 1. The summed E-state index contributed by atoms with van der Waals surface area (Å²) in [6, 6.07) is 8.13. The van der Waals surface area contributed by atoms with Gasteiger partial charge in [0.2, 0.25) is 0 Å². The van der Waals surface area contributed by atoms with E-state index in [2.05, 4.69) is 12.1 Å². The Kier molecular flexibility index (Phi) is 2.10. The van der Waals surface area contributed by atoms with Crippen LogP contribution in [0.15, 0.2) is 24.3 Å². The number of hydrogen-bond acceptors (Lipinski definition) is 1. The number of halogens is 1. The molecule has 0 radical (unpaired) electrons. The van der Waals surface area contributed by atoms with E-state index >= 15 is 0 Å². The lowest BCUT2D eigenvalue weighted by Gasteiger charge is -2.25. The summed E-state index contributed by atoms with van der Waals surface area (Å²) in [4.78, 5) is 0. The summed E-state index contributed by atoms with van der Waals surface area (Å²) in [7, 11) is 0. The summed E-state index contributed by atoms with van der Waals surface area (Å²) in [6.07, 6.45) is 1.29. The second-order valence-corrected chi connectivity index (χ2v) is 4.39. The Morgan fingerprint density at radius 1 is 1.36 bits per heavy atom. The molecule has 1 aliphatic heterocycles. The average molecular weight is 185 g/mol. The fourth-order valence-electron chi connectivity index (χ4n) is 1.22. The Hall–Kier alpha value is -0.140. The minimum absolute atomic E-state index is 0.670. The van der Waals surface area contributed by atoms with Crippen LogP contribution in [0.1, 0.15) is 17.2 Å². The molecule has 1 aromatic rings. The Bertz CT molecular complexity index is 255. The first-order valence-corrected chi connectivity index (χ1v) is 5.16. The first kappa shape index (κ1) is 7.51. The van der Waals surface area contributed by atoms with Gasteiger partial charge in [-0.25, -0.2) is 0 Å². The molecule has 1 fully saturated rings. The van der Waals surface area contributed by atoms with Gasteiger partial charge in [0.05, 0.1) is 0 Å². The summed E-state index contributed by atoms with van der Waals surface area (Å²) in [6.45, 7) is 0. The topological polar surface area (TPSA) is 0 Å². The molecule has 58 valence electrons. The van der Waals surface area contributed by atoms with E-state index in [1.54, 1.807) is 0 Å². The molecule has 1 heterocycles. The van der Waals surface area contributed by atoms with Gasteiger partial charge >= 0.3 is 0 Å². The Morgan fingerprint density at radius 3 is 2.64 bits per heavy atom. The van der Waals surface area contributed by atoms with Crippen LogP contribution < -0.4 is 0 Å². The van der Waals surface area contributed by atoms with Gasteiger partial charge < -0.3 is 0 Å². The minimum atomic E-state index is 0.670. The molecule has 0 aliphatic carbocycles. The van der Waals surface area contributed by atoms with E-state index in [1.807, 2.05) is 23.9 Å². The van der Waals surface area contributed by atoms with Crippen molar-refractivity contribution in [2.45, 2.75) is 11.7 Å². The molecule has 1 saturated heterocycles. The van der Waals surface area contributed by atoms with Gasteiger partial charge in [-0.15, -0.1) is 0 Å². The van der Waals surface area contributed by atoms with Gasteiger partial charge in [0.1, 0.15) is 0 Å². The molecule has 0 amide bonds. The Balaban J connectivity index is 2.28. The maximum atomic E-state index is 6.02. The minimum Gasteiger partial charge on any atom is -0.154 e. The fourth-order valence-corrected chi connectivity index (χ4v) is 2.41. The van der Waals surface area contributed by atoms with E-state index in [0.29, 0.717) is 5.25 Å². The first-order valence-electron chi connectivity index (χ1n) is 3.74. The molecule has 2 heteroatoms. The third-order valence-electron chi connectivity index (χ3n) is 1.95. The van der Waals surface area contributed by atoms with Gasteiger partial charge in [-0.3, -0.25) is 0 Å². The van der Waals surface area contributed by atoms with Crippen molar-refractivity contribution in [3.63, 3.8) is 0 Å². The SMILES string of the molecule is Clc1ccccc1C1CCS1. The summed E-state index contributed by atoms with van der Waals surface area (Å²) in [5, 5.41) is 1.59. The lowest BCUT2D eigenvalue weighted by Crippen LogP contribution is -2.06. The van der Waals surface area contributed by atoms with Crippen molar-refractivity contribution in [1.29, 1.82) is 0 Å². The molecule has 0 bridgehead atoms. The maximum absolute atomic E-state index is 6.02. The molecule has 0 nitrogen and oxygen atoms in total. The van der Waals surface area contributed by atoms with Crippen molar-refractivity contribution in [2.24, 2.45) is 0 Å². The van der Waals surface area contributed by atoms with Crippen LogP contribution >= 0.6 is 23.4 Å². The summed E-state index contributed by atoms with van der Waals surface area (Å²) < 4.78 is 0. The molecule has 1 aromatic carbocycles. The van der Waals surface area contributed by atoms with Crippen LogP contribution in [-0.4, -0.2) is 5.75 Å². The van der Waals surface area contributed by atoms with Gasteiger partial charge in [0.25, 0.3) is 0 Å². The molecular weight excluding hydrogens is 176 g/mol. The van der Waals surface area contributed by atoms with Gasteiger partial charge in [-0.05, 0) is 23.8 Å². The molecule has 1 atom stereocenters. The van der Waals surface area contributed by atoms with Crippen molar-refractivity contribution in [3.05, 3.63) is 34.9 Å². The van der Waals surface area contributed by atoms with Gasteiger partial charge in [0, 0.05) is 10.3 Å². The lowest BCUT2D eigenvalue weighted by molar-refractivity contribution is 0.850. The van der Waals surface area contributed by atoms with Gasteiger partial charge in [0.15, 0.2) is 0 Å². The quantitative estimate of drug-likeness (QED) is 0.644. The molecule has 0 saturated carbocycles. The van der Waals surface area contributed by atoms with E-state index < -0.39 is 0 Å². The van der Waals surface area contributed by atoms with Crippen LogP contribution in [-0.2, 0) is 0 Å². The maximum Gasteiger partial charge on any atom is 0.0449 e. The van der Waals surface area contributed by atoms with Crippen LogP contribution in [0.2, 0.25) is 5.02 Å². The van der Waals surface area contributed by atoms with E-state index in [4.69, 9.17) is 11.6 Å². The molecular formula is C9H9ClS. The summed E-state index contributed by atoms with van der Waals surface area (Å²) in [5.41, 5.74) is 1.31. The van der Waals surface area contributed by atoms with E-state index in [-0.39, 0.29) is 0 Å². The summed E-state index contributed by atoms with van der Waals surface area (Å²) in [5.74, 6) is 1.29. The Labute approximate surface area is 75.9 Å². The smallest absolute Gasteiger partial charge is 0.0449 e. The van der Waals surface area contributed by atoms with Crippen molar-refractivity contribution in [3.8, 4) is 0 Å². The largest absolute Gasteiger partial charge is 0.154 e. The molecule has 0 N–H and O–H groups in total. The normalized spacial score (nSPS) is 22.8. The second kappa shape index (κ2) is 3.08. The summed E-state index contributed by atoms with van der Waals surface area (Å²) >= 11 is 8.01. The monoisotopic (exact) mass is 184 g/mol. The molecule has 0 aromatic heterocycles. The van der Waals surface area contributed by atoms with Crippen molar-refractivity contribution in [1.82, 2.24) is 0 Å². The highest BCUT2D eigenvalue weighted by Gasteiger charge is 2.21.